The van der Waals surface area contributed by atoms with E-state index in [4.69, 9.17) is 23.8 Å². The molecule has 0 aromatic rings. The van der Waals surface area contributed by atoms with Gasteiger partial charge in [-0.05, 0) is 32.6 Å². The summed E-state index contributed by atoms with van der Waals surface area (Å²) in [6.45, 7) is 10.4. The molecule has 2 aliphatic heterocycles. The zero-order chi connectivity index (χ0) is 13.2. The highest BCUT2D eigenvalue weighted by Crippen LogP contribution is 2.41. The predicted molar refractivity (Wildman–Crippen MR) is 57.7 cm³/mol. The van der Waals surface area contributed by atoms with Crippen LogP contribution in [0.15, 0.2) is 0 Å². The first-order chi connectivity index (χ1) is 7.82. The number of carbonyl (C=O) groups excluding carboxylic acids is 2. The summed E-state index contributed by atoms with van der Waals surface area (Å²) in [5.74, 6) is 0.521. The molecule has 98 valence electrons. The van der Waals surface area contributed by atoms with E-state index in [1.54, 1.807) is 0 Å². The fourth-order valence-corrected chi connectivity index (χ4v) is 2.28. The smallest absolute Gasteiger partial charge is 0.347 e. The average molecular weight is 244 g/mol. The summed E-state index contributed by atoms with van der Waals surface area (Å²) in [6.07, 6.45) is 0.422. The van der Waals surface area contributed by atoms with Gasteiger partial charge in [-0.15, -0.1) is 0 Å². The van der Waals surface area contributed by atoms with Gasteiger partial charge in [0.15, 0.2) is 12.1 Å². The molecular weight excluding hydrogens is 224 g/mol. The molecule has 0 bridgehead atoms. The minimum atomic E-state index is -0.493. The lowest BCUT2D eigenvalue weighted by Crippen LogP contribution is -2.46. The molecular formula is C12H20O5. The van der Waals surface area contributed by atoms with Crippen LogP contribution in [0.4, 0.5) is 0 Å². The maximum absolute atomic E-state index is 8.12. The summed E-state index contributed by atoms with van der Waals surface area (Å²) in [5.41, 5.74) is 0. The van der Waals surface area contributed by atoms with Crippen molar-refractivity contribution in [3.8, 4) is 0 Å². The van der Waals surface area contributed by atoms with Gasteiger partial charge in [0, 0.05) is 0 Å². The van der Waals surface area contributed by atoms with Gasteiger partial charge >= 0.3 is 6.15 Å². The second-order valence-electron chi connectivity index (χ2n) is 5.11. The van der Waals surface area contributed by atoms with Crippen LogP contribution in [0.25, 0.3) is 0 Å². The zero-order valence-corrected chi connectivity index (χ0v) is 10.9. The molecule has 0 amide bonds. The minimum absolute atomic E-state index is 0.0937. The lowest BCUT2D eigenvalue weighted by Gasteiger charge is -2.38. The van der Waals surface area contributed by atoms with Crippen molar-refractivity contribution in [1.29, 1.82) is 0 Å². The van der Waals surface area contributed by atoms with Crippen molar-refractivity contribution >= 4 is 6.15 Å². The molecule has 2 heterocycles. The molecule has 2 rings (SSSR count). The number of fused-ring (bicyclic) bond motifs is 1. The van der Waals surface area contributed by atoms with Crippen LogP contribution in [-0.4, -0.2) is 30.4 Å². The first-order valence-corrected chi connectivity index (χ1v) is 5.82. The Hall–Kier alpha value is -0.740. The van der Waals surface area contributed by atoms with E-state index >= 15 is 0 Å². The van der Waals surface area contributed by atoms with Crippen LogP contribution in [0.1, 0.15) is 34.6 Å². The highest BCUT2D eigenvalue weighted by Gasteiger charge is 2.50. The van der Waals surface area contributed by atoms with Crippen molar-refractivity contribution in [2.45, 2.75) is 58.9 Å². The van der Waals surface area contributed by atoms with Gasteiger partial charge in [0.05, 0.1) is 6.10 Å². The van der Waals surface area contributed by atoms with E-state index in [9.17, 15) is 0 Å². The topological polar surface area (TPSA) is 61.8 Å². The number of ether oxygens (including phenoxy) is 3. The van der Waals surface area contributed by atoms with Crippen molar-refractivity contribution in [1.82, 2.24) is 0 Å². The lowest BCUT2D eigenvalue weighted by molar-refractivity contribution is -0.220. The summed E-state index contributed by atoms with van der Waals surface area (Å²) >= 11 is 0. The van der Waals surface area contributed by atoms with Crippen molar-refractivity contribution in [3.63, 3.8) is 0 Å². The van der Waals surface area contributed by atoms with E-state index in [2.05, 4.69) is 20.8 Å². The van der Waals surface area contributed by atoms with Gasteiger partial charge in [-0.3, -0.25) is 0 Å². The predicted octanol–water partition coefficient (Wildman–Crippen LogP) is 1.57. The van der Waals surface area contributed by atoms with Gasteiger partial charge in [0.1, 0.15) is 6.10 Å². The van der Waals surface area contributed by atoms with Gasteiger partial charge < -0.3 is 14.2 Å². The molecule has 0 aromatic carbocycles. The van der Waals surface area contributed by atoms with Crippen molar-refractivity contribution < 1.29 is 23.8 Å². The molecule has 2 unspecified atom stereocenters. The van der Waals surface area contributed by atoms with Crippen molar-refractivity contribution in [2.75, 3.05) is 0 Å². The quantitative estimate of drug-likeness (QED) is 0.647. The Kier molecular flexibility index (Phi) is 4.44. The summed E-state index contributed by atoms with van der Waals surface area (Å²) in [5, 5.41) is 0. The zero-order valence-electron chi connectivity index (χ0n) is 10.9. The maximum Gasteiger partial charge on any atom is 0.373 e. The molecule has 2 saturated heterocycles. The van der Waals surface area contributed by atoms with Crippen LogP contribution in [0.2, 0.25) is 0 Å². The van der Waals surface area contributed by atoms with Crippen molar-refractivity contribution in [2.24, 2.45) is 11.8 Å². The Morgan fingerprint density at radius 1 is 1.00 bits per heavy atom. The minimum Gasteiger partial charge on any atom is -0.347 e. The van der Waals surface area contributed by atoms with E-state index in [0.29, 0.717) is 11.8 Å². The molecule has 0 spiro atoms. The van der Waals surface area contributed by atoms with Gasteiger partial charge in [-0.25, -0.2) is 0 Å². The highest BCUT2D eigenvalue weighted by atomic mass is 16.8. The lowest BCUT2D eigenvalue weighted by atomic mass is 9.84. The Bertz CT molecular complexity index is 295. The van der Waals surface area contributed by atoms with Crippen LogP contribution in [0, 0.1) is 11.8 Å². The Balaban J connectivity index is 0.000000437. The molecule has 0 aliphatic carbocycles. The third kappa shape index (κ3) is 3.13. The van der Waals surface area contributed by atoms with Crippen LogP contribution in [-0.2, 0) is 23.8 Å². The molecule has 0 aromatic heterocycles. The van der Waals surface area contributed by atoms with E-state index in [1.165, 1.54) is 0 Å². The summed E-state index contributed by atoms with van der Waals surface area (Å²) in [7, 11) is 0. The molecule has 0 N–H and O–H groups in total. The standard InChI is InChI=1S/C11H20O3.CO2/c1-6-7(2)9-10(12-8(6)3)14-11(4,5)13-9;2-1-3/h6-10H,1-5H3;/t6-,7+,8-,9?,10?;/m0./s1. The monoisotopic (exact) mass is 244 g/mol. The average Bonchev–Trinajstić information content (AvgIpc) is 2.51. The third-order valence-corrected chi connectivity index (χ3v) is 3.52. The van der Waals surface area contributed by atoms with Gasteiger partial charge in [0.2, 0.25) is 0 Å². The van der Waals surface area contributed by atoms with E-state index < -0.39 is 5.79 Å². The van der Waals surface area contributed by atoms with Gasteiger partial charge in [0.25, 0.3) is 0 Å². The molecule has 5 atom stereocenters. The molecule has 2 aliphatic rings. The Labute approximate surface area is 101 Å². The summed E-state index contributed by atoms with van der Waals surface area (Å²) in [4.78, 5) is 16.2. The fraction of sp³-hybridized carbons (Fsp3) is 0.917. The molecule has 0 radical (unpaired) electrons. The van der Waals surface area contributed by atoms with Crippen LogP contribution >= 0.6 is 0 Å². The number of rotatable bonds is 0. The second-order valence-corrected chi connectivity index (χ2v) is 5.11. The first-order valence-electron chi connectivity index (χ1n) is 5.82. The Morgan fingerprint density at radius 3 is 2.06 bits per heavy atom. The molecule has 0 saturated carbocycles. The summed E-state index contributed by atoms with van der Waals surface area (Å²) in [6, 6.07) is 0. The largest absolute Gasteiger partial charge is 0.373 e. The molecule has 5 heteroatoms. The van der Waals surface area contributed by atoms with E-state index in [0.717, 1.165) is 0 Å². The highest BCUT2D eigenvalue weighted by molar-refractivity contribution is 5.20. The van der Waals surface area contributed by atoms with E-state index in [-0.39, 0.29) is 24.6 Å². The fourth-order valence-electron chi connectivity index (χ4n) is 2.28. The van der Waals surface area contributed by atoms with Crippen LogP contribution < -0.4 is 0 Å². The first kappa shape index (κ1) is 14.3. The second kappa shape index (κ2) is 5.27. The summed E-state index contributed by atoms with van der Waals surface area (Å²) < 4.78 is 17.3. The maximum atomic E-state index is 8.12. The number of hydrogen-bond acceptors (Lipinski definition) is 5. The van der Waals surface area contributed by atoms with Crippen LogP contribution in [0.5, 0.6) is 0 Å². The van der Waals surface area contributed by atoms with E-state index in [1.807, 2.05) is 13.8 Å². The normalized spacial score (nSPS) is 43.0. The van der Waals surface area contributed by atoms with Crippen LogP contribution in [0.3, 0.4) is 0 Å². The van der Waals surface area contributed by atoms with Gasteiger partial charge in [-0.1, -0.05) is 13.8 Å². The van der Waals surface area contributed by atoms with Crippen molar-refractivity contribution in [3.05, 3.63) is 0 Å². The third-order valence-electron chi connectivity index (χ3n) is 3.52. The number of hydrogen-bond donors (Lipinski definition) is 0. The molecule has 17 heavy (non-hydrogen) atoms. The molecule has 5 nitrogen and oxygen atoms in total. The molecule has 2 fully saturated rings. The SMILES string of the molecule is C[C@@H]1[C@H](C)OC2OC(C)(C)OC2[C@@H]1C.O=C=O. The Morgan fingerprint density at radius 2 is 1.53 bits per heavy atom. The van der Waals surface area contributed by atoms with Gasteiger partial charge in [-0.2, -0.15) is 9.59 Å².